The van der Waals surface area contributed by atoms with Gasteiger partial charge in [0, 0.05) is 19.3 Å². The molecule has 15 heavy (non-hydrogen) atoms. The zero-order valence-corrected chi connectivity index (χ0v) is 10.0. The van der Waals surface area contributed by atoms with Crippen LogP contribution in [-0.4, -0.2) is 26.3 Å². The third-order valence-electron chi connectivity index (χ3n) is 4.20. The predicted molar refractivity (Wildman–Crippen MR) is 63.0 cm³/mol. The van der Waals surface area contributed by atoms with Gasteiger partial charge in [-0.05, 0) is 51.0 Å². The first-order valence-corrected chi connectivity index (χ1v) is 6.63. The Morgan fingerprint density at radius 2 is 1.87 bits per heavy atom. The Morgan fingerprint density at radius 1 is 1.07 bits per heavy atom. The minimum absolute atomic E-state index is 0.795. The number of hydrogen-bond donors (Lipinski definition) is 1. The topological polar surface area (TPSA) is 21.3 Å². The standard InChI is InChI=1S/C13H25NO/c1-14-13-4-2-3-12(10-13)9-11-5-7-15-8-6-11/h11-14H,2-10H2,1H3. The predicted octanol–water partition coefficient (Wildman–Crippen LogP) is 2.58. The van der Waals surface area contributed by atoms with Crippen LogP contribution in [0, 0.1) is 11.8 Å². The molecule has 1 saturated heterocycles. The summed E-state index contributed by atoms with van der Waals surface area (Å²) < 4.78 is 5.42. The molecule has 0 aromatic heterocycles. The molecule has 0 bridgehead atoms. The SMILES string of the molecule is CNC1CCCC(CC2CCOCC2)C1. The second-order valence-electron chi connectivity index (χ2n) is 5.31. The van der Waals surface area contributed by atoms with E-state index in [9.17, 15) is 0 Å². The molecule has 2 atom stereocenters. The van der Waals surface area contributed by atoms with Crippen LogP contribution in [0.5, 0.6) is 0 Å². The smallest absolute Gasteiger partial charge is 0.0468 e. The molecule has 1 aliphatic heterocycles. The Kier molecular flexibility index (Phi) is 4.45. The number of rotatable bonds is 3. The van der Waals surface area contributed by atoms with E-state index in [-0.39, 0.29) is 0 Å². The van der Waals surface area contributed by atoms with E-state index in [4.69, 9.17) is 4.74 Å². The summed E-state index contributed by atoms with van der Waals surface area (Å²) in [6, 6.07) is 0.795. The Balaban J connectivity index is 1.72. The minimum atomic E-state index is 0.795. The highest BCUT2D eigenvalue weighted by Gasteiger charge is 2.24. The molecular formula is C13H25NO. The Hall–Kier alpha value is -0.0800. The van der Waals surface area contributed by atoms with E-state index in [0.29, 0.717) is 0 Å². The van der Waals surface area contributed by atoms with Gasteiger partial charge in [-0.25, -0.2) is 0 Å². The van der Waals surface area contributed by atoms with Crippen LogP contribution >= 0.6 is 0 Å². The average molecular weight is 211 g/mol. The zero-order chi connectivity index (χ0) is 10.5. The van der Waals surface area contributed by atoms with Crippen molar-refractivity contribution >= 4 is 0 Å². The summed E-state index contributed by atoms with van der Waals surface area (Å²) in [4.78, 5) is 0. The maximum atomic E-state index is 5.42. The van der Waals surface area contributed by atoms with Crippen molar-refractivity contribution in [1.82, 2.24) is 5.32 Å². The van der Waals surface area contributed by atoms with Gasteiger partial charge in [-0.15, -0.1) is 0 Å². The van der Waals surface area contributed by atoms with Crippen LogP contribution in [0.3, 0.4) is 0 Å². The molecule has 1 saturated carbocycles. The number of ether oxygens (including phenoxy) is 1. The van der Waals surface area contributed by atoms with Crippen LogP contribution in [0.25, 0.3) is 0 Å². The quantitative estimate of drug-likeness (QED) is 0.774. The maximum Gasteiger partial charge on any atom is 0.0468 e. The summed E-state index contributed by atoms with van der Waals surface area (Å²) in [5, 5.41) is 3.45. The van der Waals surface area contributed by atoms with Crippen molar-refractivity contribution in [3.63, 3.8) is 0 Å². The zero-order valence-electron chi connectivity index (χ0n) is 10.0. The van der Waals surface area contributed by atoms with Crippen LogP contribution in [-0.2, 0) is 4.74 Å². The van der Waals surface area contributed by atoms with E-state index in [1.165, 1.54) is 44.9 Å². The normalized spacial score (nSPS) is 34.2. The largest absolute Gasteiger partial charge is 0.381 e. The van der Waals surface area contributed by atoms with Gasteiger partial charge >= 0.3 is 0 Å². The van der Waals surface area contributed by atoms with Crippen LogP contribution in [0.1, 0.15) is 44.9 Å². The van der Waals surface area contributed by atoms with Gasteiger partial charge in [-0.1, -0.05) is 12.8 Å². The van der Waals surface area contributed by atoms with Gasteiger partial charge < -0.3 is 10.1 Å². The van der Waals surface area contributed by atoms with E-state index in [0.717, 1.165) is 31.1 Å². The fraction of sp³-hybridized carbons (Fsp3) is 1.00. The van der Waals surface area contributed by atoms with Crippen molar-refractivity contribution in [2.75, 3.05) is 20.3 Å². The summed E-state index contributed by atoms with van der Waals surface area (Å²) >= 11 is 0. The molecule has 1 heterocycles. The molecule has 88 valence electrons. The molecule has 1 aliphatic carbocycles. The van der Waals surface area contributed by atoms with Crippen LogP contribution in [0.15, 0.2) is 0 Å². The third kappa shape index (κ3) is 3.46. The van der Waals surface area contributed by atoms with Gasteiger partial charge in [0.2, 0.25) is 0 Å². The molecule has 2 unspecified atom stereocenters. The van der Waals surface area contributed by atoms with Crippen molar-refractivity contribution in [1.29, 1.82) is 0 Å². The van der Waals surface area contributed by atoms with Crippen molar-refractivity contribution in [2.24, 2.45) is 11.8 Å². The molecule has 0 aromatic rings. The molecular weight excluding hydrogens is 186 g/mol. The average Bonchev–Trinajstić information content (AvgIpc) is 2.31. The second-order valence-corrected chi connectivity index (χ2v) is 5.31. The van der Waals surface area contributed by atoms with Crippen LogP contribution < -0.4 is 5.32 Å². The van der Waals surface area contributed by atoms with Crippen LogP contribution in [0.2, 0.25) is 0 Å². The molecule has 0 spiro atoms. The summed E-state index contributed by atoms with van der Waals surface area (Å²) in [7, 11) is 2.11. The third-order valence-corrected chi connectivity index (χ3v) is 4.20. The lowest BCUT2D eigenvalue weighted by molar-refractivity contribution is 0.0553. The van der Waals surface area contributed by atoms with E-state index in [1.54, 1.807) is 0 Å². The summed E-state index contributed by atoms with van der Waals surface area (Å²) in [6.07, 6.45) is 9.77. The highest BCUT2D eigenvalue weighted by Crippen LogP contribution is 2.32. The van der Waals surface area contributed by atoms with Gasteiger partial charge in [-0.2, -0.15) is 0 Å². The number of hydrogen-bond acceptors (Lipinski definition) is 2. The lowest BCUT2D eigenvalue weighted by atomic mass is 9.78. The molecule has 1 N–H and O–H groups in total. The van der Waals surface area contributed by atoms with E-state index < -0.39 is 0 Å². The first-order valence-electron chi connectivity index (χ1n) is 6.63. The van der Waals surface area contributed by atoms with Crippen molar-refractivity contribution in [3.8, 4) is 0 Å². The van der Waals surface area contributed by atoms with E-state index >= 15 is 0 Å². The van der Waals surface area contributed by atoms with Gasteiger partial charge in [0.25, 0.3) is 0 Å². The van der Waals surface area contributed by atoms with Gasteiger partial charge in [0.15, 0.2) is 0 Å². The minimum Gasteiger partial charge on any atom is -0.381 e. The highest BCUT2D eigenvalue weighted by atomic mass is 16.5. The fourth-order valence-electron chi connectivity index (χ4n) is 3.22. The second kappa shape index (κ2) is 5.86. The molecule has 2 rings (SSSR count). The van der Waals surface area contributed by atoms with Crippen LogP contribution in [0.4, 0.5) is 0 Å². The molecule has 2 nitrogen and oxygen atoms in total. The molecule has 0 aromatic carbocycles. The van der Waals surface area contributed by atoms with Crippen molar-refractivity contribution in [3.05, 3.63) is 0 Å². The Bertz CT molecular complexity index is 177. The lowest BCUT2D eigenvalue weighted by Gasteiger charge is -2.32. The van der Waals surface area contributed by atoms with Crippen molar-refractivity contribution < 1.29 is 4.74 Å². The van der Waals surface area contributed by atoms with E-state index in [1.807, 2.05) is 0 Å². The monoisotopic (exact) mass is 211 g/mol. The summed E-state index contributed by atoms with van der Waals surface area (Å²) in [5.74, 6) is 1.94. The first-order chi connectivity index (χ1) is 7.38. The number of nitrogens with one attached hydrogen (secondary N) is 1. The van der Waals surface area contributed by atoms with Gasteiger partial charge in [0.05, 0.1) is 0 Å². The van der Waals surface area contributed by atoms with Gasteiger partial charge in [0.1, 0.15) is 0 Å². The van der Waals surface area contributed by atoms with Gasteiger partial charge in [-0.3, -0.25) is 0 Å². The van der Waals surface area contributed by atoms with E-state index in [2.05, 4.69) is 12.4 Å². The lowest BCUT2D eigenvalue weighted by Crippen LogP contribution is -2.32. The molecule has 2 fully saturated rings. The molecule has 2 heteroatoms. The fourth-order valence-corrected chi connectivity index (χ4v) is 3.22. The summed E-state index contributed by atoms with van der Waals surface area (Å²) in [6.45, 7) is 2.01. The first kappa shape index (κ1) is 11.4. The maximum absolute atomic E-state index is 5.42. The summed E-state index contributed by atoms with van der Waals surface area (Å²) in [5.41, 5.74) is 0. The highest BCUT2D eigenvalue weighted by molar-refractivity contribution is 4.79. The Morgan fingerprint density at radius 3 is 2.60 bits per heavy atom. The molecule has 2 aliphatic rings. The molecule has 0 amide bonds. The molecule has 0 radical (unpaired) electrons. The Labute approximate surface area is 93.8 Å². The van der Waals surface area contributed by atoms with Crippen molar-refractivity contribution in [2.45, 2.75) is 51.0 Å².